The molecule has 0 fully saturated rings. The summed E-state index contributed by atoms with van der Waals surface area (Å²) in [5.74, 6) is 0.148. The van der Waals surface area contributed by atoms with E-state index < -0.39 is 26.3 Å². The summed E-state index contributed by atoms with van der Waals surface area (Å²) in [6.07, 6.45) is 1.70. The normalized spacial score (nSPS) is 12.0. The van der Waals surface area contributed by atoms with Gasteiger partial charge in [0.05, 0.1) is 17.4 Å². The number of benzene rings is 3. The molecule has 3 aromatic carbocycles. The Balaban J connectivity index is 1.46. The first-order valence-electron chi connectivity index (χ1n) is 13.9. The van der Waals surface area contributed by atoms with E-state index in [-0.39, 0.29) is 35.8 Å². The van der Waals surface area contributed by atoms with Gasteiger partial charge in [0, 0.05) is 18.2 Å². The molecule has 0 saturated carbocycles. The molecule has 0 spiro atoms. The number of aryl methyl sites for hydroxylation is 1. The zero-order chi connectivity index (χ0) is 31.5. The van der Waals surface area contributed by atoms with Gasteiger partial charge in [0.15, 0.2) is 18.1 Å². The number of nitrogens with zero attached hydrogens (tertiary/aromatic N) is 2. The molecule has 0 saturated heterocycles. The minimum Gasteiger partial charge on any atom is -0.575 e. The number of pyridine rings is 1. The third-order valence-electron chi connectivity index (χ3n) is 6.34. The summed E-state index contributed by atoms with van der Waals surface area (Å²) < 4.78 is 26.8. The Hall–Kier alpha value is -4.79. The average Bonchev–Trinajstić information content (AvgIpc) is 3.01. The molecular formula is C33H33N2O8P. The van der Waals surface area contributed by atoms with Gasteiger partial charge in [0.25, 0.3) is 0 Å². The number of ether oxygens (including phenoxy) is 3. The topological polar surface area (TPSA) is 140 Å². The van der Waals surface area contributed by atoms with Crippen LogP contribution in [0, 0.1) is 6.92 Å². The van der Waals surface area contributed by atoms with Crippen molar-refractivity contribution in [3.05, 3.63) is 113 Å². The monoisotopic (exact) mass is 616 g/mol. The van der Waals surface area contributed by atoms with Crippen LogP contribution in [0.25, 0.3) is 0 Å². The van der Waals surface area contributed by atoms with Crippen LogP contribution < -0.4 is 18.9 Å². The lowest BCUT2D eigenvalue weighted by Gasteiger charge is -2.14. The lowest BCUT2D eigenvalue weighted by molar-refractivity contribution is -0.170. The van der Waals surface area contributed by atoms with E-state index in [1.54, 1.807) is 57.2 Å². The van der Waals surface area contributed by atoms with Crippen molar-refractivity contribution in [2.75, 3.05) is 0 Å². The Morgan fingerprint density at radius 1 is 0.955 bits per heavy atom. The minimum atomic E-state index is -2.73. The van der Waals surface area contributed by atoms with Crippen LogP contribution in [0.3, 0.4) is 0 Å². The van der Waals surface area contributed by atoms with Crippen molar-refractivity contribution in [3.8, 4) is 23.0 Å². The highest BCUT2D eigenvalue weighted by Gasteiger charge is 2.26. The molecule has 228 valence electrons. The van der Waals surface area contributed by atoms with Crippen LogP contribution >= 0.6 is 8.17 Å². The summed E-state index contributed by atoms with van der Waals surface area (Å²) in [6.45, 7) is 5.33. The molecular weight excluding hydrogens is 583 g/mol. The van der Waals surface area contributed by atoms with Crippen molar-refractivity contribution < 1.29 is 38.3 Å². The number of rotatable bonds is 14. The summed E-state index contributed by atoms with van der Waals surface area (Å²) in [6, 6.07) is 22.4. The lowest BCUT2D eigenvalue weighted by Crippen LogP contribution is -2.26. The maximum atomic E-state index is 13.1. The van der Waals surface area contributed by atoms with Crippen molar-refractivity contribution >= 4 is 20.4 Å². The zero-order valence-corrected chi connectivity index (χ0v) is 25.5. The number of hydrogen-bond donors (Lipinski definition) is 1. The molecule has 1 aromatic heterocycles. The Morgan fingerprint density at radius 3 is 2.32 bits per heavy atom. The van der Waals surface area contributed by atoms with Crippen LogP contribution in [0.4, 0.5) is 0 Å². The number of aldehydes is 1. The number of carbonyl (C=O) groups excluding carboxylic acids is 2. The molecule has 0 bridgehead atoms. The van der Waals surface area contributed by atoms with Crippen LogP contribution in [-0.2, 0) is 29.2 Å². The Labute approximate surface area is 256 Å². The first kappa shape index (κ1) is 32.1. The third-order valence-corrected chi connectivity index (χ3v) is 7.16. The molecule has 10 nitrogen and oxygen atoms in total. The Morgan fingerprint density at radius 2 is 1.64 bits per heavy atom. The van der Waals surface area contributed by atoms with Crippen LogP contribution in [-0.4, -0.2) is 34.5 Å². The number of carbonyl (C=O) groups is 2. The van der Waals surface area contributed by atoms with Gasteiger partial charge in [-0.3, -0.25) is 14.3 Å². The molecule has 44 heavy (non-hydrogen) atoms. The molecule has 4 rings (SSSR count). The van der Waals surface area contributed by atoms with E-state index in [1.807, 2.05) is 42.5 Å². The summed E-state index contributed by atoms with van der Waals surface area (Å²) >= 11 is 0. The van der Waals surface area contributed by atoms with E-state index in [2.05, 4.69) is 9.73 Å². The summed E-state index contributed by atoms with van der Waals surface area (Å²) in [7, 11) is -2.73. The summed E-state index contributed by atoms with van der Waals surface area (Å²) in [5, 5.41) is 10.1. The molecule has 11 heteroatoms. The van der Waals surface area contributed by atoms with Crippen molar-refractivity contribution in [2.45, 2.75) is 52.6 Å². The molecule has 0 aliphatic heterocycles. The van der Waals surface area contributed by atoms with Gasteiger partial charge in [-0.2, -0.15) is 0 Å². The Bertz CT molecular complexity index is 1590. The van der Waals surface area contributed by atoms with Gasteiger partial charge in [-0.1, -0.05) is 59.3 Å². The Kier molecular flexibility index (Phi) is 11.4. The van der Waals surface area contributed by atoms with E-state index in [0.29, 0.717) is 29.9 Å². The average molecular weight is 617 g/mol. The number of aromatic nitrogens is 1. The summed E-state index contributed by atoms with van der Waals surface area (Å²) in [5.41, 5.74) is 2.55. The smallest absolute Gasteiger partial charge is 0.395 e. The van der Waals surface area contributed by atoms with E-state index in [9.17, 15) is 19.6 Å². The maximum Gasteiger partial charge on any atom is 0.395 e. The van der Waals surface area contributed by atoms with Gasteiger partial charge in [0.2, 0.25) is 5.75 Å². The molecule has 0 aliphatic carbocycles. The van der Waals surface area contributed by atoms with Crippen LogP contribution in [0.5, 0.6) is 23.0 Å². The van der Waals surface area contributed by atoms with Crippen LogP contribution in [0.1, 0.15) is 46.6 Å². The quantitative estimate of drug-likeness (QED) is 0.105. The second kappa shape index (κ2) is 15.6. The fraction of sp³-hybridized carbons (Fsp3) is 0.242. The number of aromatic hydroxyl groups is 1. The minimum absolute atomic E-state index is 0.0688. The van der Waals surface area contributed by atoms with Gasteiger partial charge >= 0.3 is 14.1 Å². The van der Waals surface area contributed by atoms with E-state index >= 15 is 0 Å². The molecule has 1 N–H and O–H groups in total. The third kappa shape index (κ3) is 9.10. The number of esters is 1. The highest BCUT2D eigenvalue weighted by molar-refractivity contribution is 7.34. The van der Waals surface area contributed by atoms with Gasteiger partial charge in [0.1, 0.15) is 24.7 Å². The van der Waals surface area contributed by atoms with Gasteiger partial charge in [-0.05, 0) is 56.2 Å². The lowest BCUT2D eigenvalue weighted by atomic mass is 10.1. The van der Waals surface area contributed by atoms with Gasteiger partial charge < -0.3 is 24.2 Å². The van der Waals surface area contributed by atoms with E-state index in [4.69, 9.17) is 18.7 Å². The van der Waals surface area contributed by atoms with Crippen molar-refractivity contribution in [3.63, 3.8) is 0 Å². The molecule has 2 atom stereocenters. The predicted octanol–water partition coefficient (Wildman–Crippen LogP) is 5.86. The first-order chi connectivity index (χ1) is 21.2. The second-order valence-electron chi connectivity index (χ2n) is 10.1. The fourth-order valence-corrected chi connectivity index (χ4v) is 4.86. The molecule has 0 aliphatic rings. The number of para-hydroxylation sites is 2. The zero-order valence-electron chi connectivity index (χ0n) is 24.6. The maximum absolute atomic E-state index is 13.1. The fourth-order valence-electron chi connectivity index (χ4n) is 4.09. The molecule has 0 radical (unpaired) electrons. The predicted molar refractivity (Wildman–Crippen MR) is 163 cm³/mol. The van der Waals surface area contributed by atoms with E-state index in [0.717, 1.165) is 11.1 Å². The highest BCUT2D eigenvalue weighted by atomic mass is 31.1. The molecule has 1 heterocycles. The van der Waals surface area contributed by atoms with E-state index in [1.165, 1.54) is 6.20 Å². The van der Waals surface area contributed by atoms with Crippen LogP contribution in [0.15, 0.2) is 89.8 Å². The SMILES string of the molecule is Cc1ncc(COc2ccccc2O[P+]([O-])=N[C@@H](Cc2ccc(OCc3ccccc3)cc2)C(=O)OC(C)C)c(C=O)c1O. The molecule has 4 aromatic rings. The van der Waals surface area contributed by atoms with Crippen molar-refractivity contribution in [1.29, 1.82) is 0 Å². The molecule has 1 unspecified atom stereocenters. The largest absolute Gasteiger partial charge is 0.575 e. The molecule has 0 amide bonds. The first-order valence-corrected chi connectivity index (χ1v) is 15.0. The summed E-state index contributed by atoms with van der Waals surface area (Å²) in [4.78, 5) is 41.6. The van der Waals surface area contributed by atoms with Crippen molar-refractivity contribution in [2.24, 2.45) is 4.74 Å². The van der Waals surface area contributed by atoms with Crippen LogP contribution in [0.2, 0.25) is 0 Å². The second-order valence-corrected chi connectivity index (χ2v) is 10.9. The number of hydrogen-bond acceptors (Lipinski definition) is 10. The van der Waals surface area contributed by atoms with Crippen molar-refractivity contribution in [1.82, 2.24) is 4.98 Å². The standard InChI is InChI=1S/C33H33N2O8P/c1-22(2)42-33(38)29(17-24-13-15-27(16-14-24)40-20-25-9-5-4-6-10-25)35-44(39)43-31-12-8-7-11-30(31)41-21-26-18-34-23(3)32(37)28(26)19-36/h4-16,18-19,22,29,37H,17,20-21H2,1-3H3/t29-/m0/s1. The highest BCUT2D eigenvalue weighted by Crippen LogP contribution is 2.34. The van der Waals surface area contributed by atoms with Gasteiger partial charge in [-0.15, -0.1) is 0 Å². The van der Waals surface area contributed by atoms with Gasteiger partial charge in [-0.25, -0.2) is 4.79 Å².